The number of para-hydroxylation sites is 2. The zero-order chi connectivity index (χ0) is 18.1. The maximum absolute atomic E-state index is 6.01. The maximum Gasteiger partial charge on any atom is 0.128 e. The fraction of sp³-hybridized carbons (Fsp3) is 0.400. The third-order valence-corrected chi connectivity index (χ3v) is 4.94. The van der Waals surface area contributed by atoms with Crippen molar-refractivity contribution in [3.63, 3.8) is 0 Å². The van der Waals surface area contributed by atoms with Crippen LogP contribution in [-0.2, 0) is 18.3 Å². The van der Waals surface area contributed by atoms with Crippen LogP contribution in [0.15, 0.2) is 42.5 Å². The Balaban J connectivity index is 1.51. The van der Waals surface area contributed by atoms with E-state index in [4.69, 9.17) is 14.7 Å². The molecule has 1 saturated heterocycles. The monoisotopic (exact) mass is 351 g/mol. The first-order valence-electron chi connectivity index (χ1n) is 9.00. The lowest BCUT2D eigenvalue weighted by Gasteiger charge is -2.32. The van der Waals surface area contributed by atoms with E-state index >= 15 is 0 Å². The molecule has 3 heterocycles. The molecule has 26 heavy (non-hydrogen) atoms. The lowest BCUT2D eigenvalue weighted by atomic mass is 10.2. The van der Waals surface area contributed by atoms with Gasteiger partial charge in [0.1, 0.15) is 17.7 Å². The highest BCUT2D eigenvalue weighted by Crippen LogP contribution is 2.24. The van der Waals surface area contributed by atoms with Crippen LogP contribution in [0.5, 0.6) is 0 Å². The number of morpholine rings is 1. The second kappa shape index (κ2) is 7.05. The van der Waals surface area contributed by atoms with Crippen molar-refractivity contribution in [1.82, 2.24) is 19.4 Å². The van der Waals surface area contributed by atoms with E-state index in [1.807, 2.05) is 37.2 Å². The van der Waals surface area contributed by atoms with Gasteiger partial charge in [-0.1, -0.05) is 18.2 Å². The Hall–Kier alpha value is -2.44. The molecular formula is C20H25N5O. The largest absolute Gasteiger partial charge is 0.369 e. The number of ether oxygens (including phenoxy) is 1. The van der Waals surface area contributed by atoms with E-state index in [0.717, 1.165) is 42.5 Å². The number of nitrogens with zero attached hydrogens (tertiary/aromatic N) is 5. The van der Waals surface area contributed by atoms with E-state index in [1.165, 1.54) is 5.52 Å². The summed E-state index contributed by atoms with van der Waals surface area (Å²) in [7, 11) is 6.10. The number of rotatable bonds is 4. The molecule has 0 radical (unpaired) electrons. The Morgan fingerprint density at radius 2 is 1.96 bits per heavy atom. The summed E-state index contributed by atoms with van der Waals surface area (Å²) in [4.78, 5) is 14.0. The lowest BCUT2D eigenvalue weighted by molar-refractivity contribution is -0.0358. The van der Waals surface area contributed by atoms with Gasteiger partial charge in [0.25, 0.3) is 0 Å². The van der Waals surface area contributed by atoms with Gasteiger partial charge in [0, 0.05) is 34.2 Å². The quantitative estimate of drug-likeness (QED) is 0.723. The highest BCUT2D eigenvalue weighted by atomic mass is 16.5. The molecule has 1 atom stereocenters. The second-order valence-electron chi connectivity index (χ2n) is 6.99. The molecule has 0 saturated carbocycles. The Kier molecular flexibility index (Phi) is 4.61. The van der Waals surface area contributed by atoms with Crippen molar-refractivity contribution < 1.29 is 4.74 Å². The Labute approximate surface area is 154 Å². The zero-order valence-electron chi connectivity index (χ0n) is 15.6. The van der Waals surface area contributed by atoms with Gasteiger partial charge in [-0.25, -0.2) is 9.97 Å². The van der Waals surface area contributed by atoms with Crippen molar-refractivity contribution in [3.8, 4) is 0 Å². The highest BCUT2D eigenvalue weighted by molar-refractivity contribution is 5.75. The first kappa shape index (κ1) is 17.0. The van der Waals surface area contributed by atoms with Gasteiger partial charge in [0.2, 0.25) is 0 Å². The number of anilines is 1. The number of aromatic nitrogens is 3. The number of aryl methyl sites for hydroxylation is 1. The van der Waals surface area contributed by atoms with Crippen molar-refractivity contribution in [1.29, 1.82) is 0 Å². The molecule has 1 aliphatic heterocycles. The van der Waals surface area contributed by atoms with Gasteiger partial charge in [-0.05, 0) is 24.3 Å². The molecule has 0 amide bonds. The molecule has 0 spiro atoms. The molecule has 1 aromatic carbocycles. The van der Waals surface area contributed by atoms with Crippen molar-refractivity contribution in [2.45, 2.75) is 12.6 Å². The summed E-state index contributed by atoms with van der Waals surface area (Å²) in [5.74, 6) is 2.04. The molecule has 0 unspecified atom stereocenters. The van der Waals surface area contributed by atoms with Crippen LogP contribution in [0, 0.1) is 0 Å². The van der Waals surface area contributed by atoms with Gasteiger partial charge in [-0.2, -0.15) is 0 Å². The van der Waals surface area contributed by atoms with E-state index < -0.39 is 0 Å². The van der Waals surface area contributed by atoms with Crippen LogP contribution in [-0.4, -0.2) is 53.2 Å². The van der Waals surface area contributed by atoms with Crippen LogP contribution in [0.25, 0.3) is 11.0 Å². The van der Waals surface area contributed by atoms with Gasteiger partial charge in [-0.3, -0.25) is 4.90 Å². The van der Waals surface area contributed by atoms with Gasteiger partial charge >= 0.3 is 0 Å². The Morgan fingerprint density at radius 1 is 1.12 bits per heavy atom. The average molecular weight is 351 g/mol. The first-order chi connectivity index (χ1) is 12.6. The number of hydrogen-bond acceptors (Lipinski definition) is 5. The topological polar surface area (TPSA) is 46.4 Å². The van der Waals surface area contributed by atoms with Crippen LogP contribution in [0.4, 0.5) is 5.82 Å². The molecule has 6 nitrogen and oxygen atoms in total. The normalized spacial score (nSPS) is 18.3. The molecule has 3 aromatic rings. The summed E-state index contributed by atoms with van der Waals surface area (Å²) in [6, 6.07) is 14.4. The van der Waals surface area contributed by atoms with Crippen LogP contribution < -0.4 is 4.90 Å². The SMILES string of the molecule is CN(C)c1cccc([C@H]2CN(Cc3nc4ccccc4n3C)CCO2)n1. The third kappa shape index (κ3) is 3.30. The van der Waals surface area contributed by atoms with Gasteiger partial charge < -0.3 is 14.2 Å². The fourth-order valence-corrected chi connectivity index (χ4v) is 3.43. The van der Waals surface area contributed by atoms with E-state index in [9.17, 15) is 0 Å². The molecule has 0 bridgehead atoms. The predicted octanol–water partition coefficient (Wildman–Crippen LogP) is 2.61. The van der Waals surface area contributed by atoms with Gasteiger partial charge in [-0.15, -0.1) is 0 Å². The van der Waals surface area contributed by atoms with Crippen molar-refractivity contribution >= 4 is 16.9 Å². The van der Waals surface area contributed by atoms with Crippen LogP contribution in [0.3, 0.4) is 0 Å². The maximum atomic E-state index is 6.01. The van der Waals surface area contributed by atoms with E-state index in [-0.39, 0.29) is 6.10 Å². The predicted molar refractivity (Wildman–Crippen MR) is 103 cm³/mol. The Bertz CT molecular complexity index is 904. The number of fused-ring (bicyclic) bond motifs is 1. The zero-order valence-corrected chi connectivity index (χ0v) is 15.6. The van der Waals surface area contributed by atoms with E-state index in [2.05, 4.69) is 40.8 Å². The highest BCUT2D eigenvalue weighted by Gasteiger charge is 2.24. The summed E-state index contributed by atoms with van der Waals surface area (Å²) in [6.45, 7) is 3.26. The molecule has 136 valence electrons. The van der Waals surface area contributed by atoms with E-state index in [0.29, 0.717) is 6.61 Å². The summed E-state index contributed by atoms with van der Waals surface area (Å²) in [6.07, 6.45) is -0.00154. The second-order valence-corrected chi connectivity index (χ2v) is 6.99. The summed E-state index contributed by atoms with van der Waals surface area (Å²) in [5.41, 5.74) is 3.22. The van der Waals surface area contributed by atoms with Crippen molar-refractivity contribution in [3.05, 3.63) is 54.0 Å². The lowest BCUT2D eigenvalue weighted by Crippen LogP contribution is -2.38. The van der Waals surface area contributed by atoms with Gasteiger partial charge in [0.15, 0.2) is 0 Å². The third-order valence-electron chi connectivity index (χ3n) is 4.94. The number of benzene rings is 1. The van der Waals surface area contributed by atoms with Crippen LogP contribution in [0.2, 0.25) is 0 Å². The number of hydrogen-bond donors (Lipinski definition) is 0. The molecule has 1 fully saturated rings. The number of imidazole rings is 1. The van der Waals surface area contributed by atoms with E-state index in [1.54, 1.807) is 0 Å². The average Bonchev–Trinajstić information content (AvgIpc) is 2.98. The fourth-order valence-electron chi connectivity index (χ4n) is 3.43. The first-order valence-corrected chi connectivity index (χ1v) is 9.00. The summed E-state index contributed by atoms with van der Waals surface area (Å²) >= 11 is 0. The minimum Gasteiger partial charge on any atom is -0.369 e. The van der Waals surface area contributed by atoms with Crippen LogP contribution in [0.1, 0.15) is 17.6 Å². The minimum absolute atomic E-state index is 0.00154. The standard InChI is InChI=1S/C20H25N5O/c1-23(2)19-10-6-8-16(22-19)18-13-25(11-12-26-18)14-20-21-15-7-4-5-9-17(15)24(20)3/h4-10,18H,11-14H2,1-3H3/t18-/m1/s1. The minimum atomic E-state index is -0.00154. The Morgan fingerprint density at radius 3 is 2.77 bits per heavy atom. The summed E-state index contributed by atoms with van der Waals surface area (Å²) < 4.78 is 8.19. The smallest absolute Gasteiger partial charge is 0.128 e. The number of pyridine rings is 1. The molecule has 0 N–H and O–H groups in total. The molecule has 2 aromatic heterocycles. The molecular weight excluding hydrogens is 326 g/mol. The molecule has 6 heteroatoms. The molecule has 4 rings (SSSR count). The summed E-state index contributed by atoms with van der Waals surface area (Å²) in [5, 5.41) is 0. The van der Waals surface area contributed by atoms with Gasteiger partial charge in [0.05, 0.1) is 29.9 Å². The van der Waals surface area contributed by atoms with Crippen molar-refractivity contribution in [2.75, 3.05) is 38.7 Å². The molecule has 0 aliphatic carbocycles. The van der Waals surface area contributed by atoms with Crippen molar-refractivity contribution in [2.24, 2.45) is 7.05 Å². The van der Waals surface area contributed by atoms with Crippen LogP contribution >= 0.6 is 0 Å². The molecule has 1 aliphatic rings.